The van der Waals surface area contributed by atoms with Crippen LogP contribution >= 0.6 is 0 Å². The Hall–Kier alpha value is -3.61. The van der Waals surface area contributed by atoms with Crippen molar-refractivity contribution in [2.75, 3.05) is 6.54 Å². The smallest absolute Gasteiger partial charge is 0.344 e. The maximum absolute atomic E-state index is 12.5. The molecule has 1 amide bonds. The molecule has 7 nitrogen and oxygen atoms in total. The van der Waals surface area contributed by atoms with E-state index in [-0.39, 0.29) is 17.7 Å². The number of carboxylic acids is 1. The Labute approximate surface area is 191 Å². The SMILES string of the molecule is C[C@@H](Oc1ccc2cc(-c3ccccc3)c(=O)oc2c1)C(=O)NCC1CCC(C(=O)O)CC1. The van der Waals surface area contributed by atoms with Crippen molar-refractivity contribution in [3.63, 3.8) is 0 Å². The molecule has 0 bridgehead atoms. The molecule has 1 aromatic heterocycles. The lowest BCUT2D eigenvalue weighted by molar-refractivity contribution is -0.143. The van der Waals surface area contributed by atoms with E-state index in [0.717, 1.165) is 23.8 Å². The molecule has 0 saturated heterocycles. The van der Waals surface area contributed by atoms with Gasteiger partial charge in [0.15, 0.2) is 6.10 Å². The largest absolute Gasteiger partial charge is 0.481 e. The normalized spacial score (nSPS) is 19.1. The molecule has 0 unspecified atom stereocenters. The highest BCUT2D eigenvalue weighted by atomic mass is 16.5. The van der Waals surface area contributed by atoms with Crippen molar-refractivity contribution < 1.29 is 23.8 Å². The van der Waals surface area contributed by atoms with E-state index in [4.69, 9.17) is 14.3 Å². The van der Waals surface area contributed by atoms with Gasteiger partial charge in [-0.2, -0.15) is 0 Å². The van der Waals surface area contributed by atoms with Gasteiger partial charge in [-0.25, -0.2) is 4.79 Å². The third-order valence-corrected chi connectivity index (χ3v) is 6.24. The van der Waals surface area contributed by atoms with Gasteiger partial charge in [0.05, 0.1) is 11.5 Å². The van der Waals surface area contributed by atoms with Crippen LogP contribution in [0.2, 0.25) is 0 Å². The number of amides is 1. The first-order valence-corrected chi connectivity index (χ1v) is 11.2. The lowest BCUT2D eigenvalue weighted by Crippen LogP contribution is -2.39. The van der Waals surface area contributed by atoms with Crippen LogP contribution < -0.4 is 15.7 Å². The quantitative estimate of drug-likeness (QED) is 0.523. The van der Waals surface area contributed by atoms with Crippen molar-refractivity contribution in [3.8, 4) is 16.9 Å². The molecule has 33 heavy (non-hydrogen) atoms. The fourth-order valence-corrected chi connectivity index (χ4v) is 4.24. The fourth-order valence-electron chi connectivity index (χ4n) is 4.24. The standard InChI is InChI=1S/C26H27NO6/c1-16(24(28)27-15-17-7-9-19(10-8-17)25(29)30)32-21-12-11-20-13-22(18-5-3-2-4-6-18)26(31)33-23(20)14-21/h2-6,11-14,16-17,19H,7-10,15H2,1H3,(H,27,28)(H,29,30)/t16-,17?,19?/m1/s1. The Morgan fingerprint density at radius 1 is 1.09 bits per heavy atom. The van der Waals surface area contributed by atoms with Crippen molar-refractivity contribution in [1.29, 1.82) is 0 Å². The third kappa shape index (κ3) is 5.42. The molecule has 3 aromatic rings. The average molecular weight is 450 g/mol. The zero-order chi connectivity index (χ0) is 23.4. The van der Waals surface area contributed by atoms with Gasteiger partial charge in [0.1, 0.15) is 11.3 Å². The Bertz CT molecular complexity index is 1190. The van der Waals surface area contributed by atoms with E-state index < -0.39 is 17.7 Å². The topological polar surface area (TPSA) is 106 Å². The zero-order valence-corrected chi connectivity index (χ0v) is 18.5. The molecule has 1 fully saturated rings. The third-order valence-electron chi connectivity index (χ3n) is 6.24. The summed E-state index contributed by atoms with van der Waals surface area (Å²) in [5.41, 5.74) is 1.23. The first kappa shape index (κ1) is 22.6. The highest BCUT2D eigenvalue weighted by Crippen LogP contribution is 2.28. The van der Waals surface area contributed by atoms with Crippen LogP contribution in [0.5, 0.6) is 5.75 Å². The fraction of sp³-hybridized carbons (Fsp3) is 0.346. The highest BCUT2D eigenvalue weighted by Gasteiger charge is 2.26. The molecule has 0 aliphatic heterocycles. The molecule has 0 spiro atoms. The van der Waals surface area contributed by atoms with E-state index in [1.165, 1.54) is 0 Å². The molecular weight excluding hydrogens is 422 g/mol. The number of aliphatic carboxylic acids is 1. The van der Waals surface area contributed by atoms with Crippen molar-refractivity contribution in [2.45, 2.75) is 38.7 Å². The number of rotatable bonds is 7. The second-order valence-corrected chi connectivity index (χ2v) is 8.57. The van der Waals surface area contributed by atoms with Gasteiger partial charge in [0.25, 0.3) is 5.91 Å². The van der Waals surface area contributed by atoms with Gasteiger partial charge in [-0.15, -0.1) is 0 Å². The number of carbonyl (C=O) groups is 2. The summed E-state index contributed by atoms with van der Waals surface area (Å²) >= 11 is 0. The number of fused-ring (bicyclic) bond motifs is 1. The highest BCUT2D eigenvalue weighted by molar-refractivity contribution is 5.83. The summed E-state index contributed by atoms with van der Waals surface area (Å²) in [5.74, 6) is -0.525. The van der Waals surface area contributed by atoms with E-state index in [1.54, 1.807) is 31.2 Å². The van der Waals surface area contributed by atoms with Gasteiger partial charge in [-0.1, -0.05) is 30.3 Å². The van der Waals surface area contributed by atoms with Gasteiger partial charge in [0.2, 0.25) is 0 Å². The number of ether oxygens (including phenoxy) is 1. The molecule has 1 heterocycles. The first-order valence-electron chi connectivity index (χ1n) is 11.2. The number of carboxylic acid groups (broad SMARTS) is 1. The molecular formula is C26H27NO6. The van der Waals surface area contributed by atoms with Crippen LogP contribution in [-0.2, 0) is 9.59 Å². The second-order valence-electron chi connectivity index (χ2n) is 8.57. The summed E-state index contributed by atoms with van der Waals surface area (Å²) in [4.78, 5) is 36.0. The molecule has 172 valence electrons. The lowest BCUT2D eigenvalue weighted by atomic mass is 9.82. The number of nitrogens with one attached hydrogen (secondary N) is 1. The summed E-state index contributed by atoms with van der Waals surface area (Å²) in [5, 5.41) is 12.8. The minimum absolute atomic E-state index is 0.240. The molecule has 1 aliphatic carbocycles. The molecule has 4 rings (SSSR count). The lowest BCUT2D eigenvalue weighted by Gasteiger charge is -2.26. The van der Waals surface area contributed by atoms with Gasteiger partial charge in [-0.3, -0.25) is 9.59 Å². The predicted octanol–water partition coefficient (Wildman–Crippen LogP) is 4.23. The number of hydrogen-bond donors (Lipinski definition) is 2. The summed E-state index contributed by atoms with van der Waals surface area (Å²) in [7, 11) is 0. The van der Waals surface area contributed by atoms with Crippen molar-refractivity contribution >= 4 is 22.8 Å². The maximum atomic E-state index is 12.5. The number of carbonyl (C=O) groups excluding carboxylic acids is 1. The number of hydrogen-bond acceptors (Lipinski definition) is 5. The molecule has 2 aromatic carbocycles. The van der Waals surface area contributed by atoms with Crippen LogP contribution in [0.15, 0.2) is 63.8 Å². The van der Waals surface area contributed by atoms with Crippen LogP contribution in [-0.4, -0.2) is 29.6 Å². The van der Waals surface area contributed by atoms with E-state index in [1.807, 2.05) is 30.3 Å². The Morgan fingerprint density at radius 3 is 2.52 bits per heavy atom. The van der Waals surface area contributed by atoms with Crippen molar-refractivity contribution in [3.05, 3.63) is 65.0 Å². The Morgan fingerprint density at radius 2 is 1.82 bits per heavy atom. The molecule has 0 radical (unpaired) electrons. The predicted molar refractivity (Wildman–Crippen MR) is 124 cm³/mol. The van der Waals surface area contributed by atoms with E-state index >= 15 is 0 Å². The summed E-state index contributed by atoms with van der Waals surface area (Å²) in [6.07, 6.45) is 2.16. The van der Waals surface area contributed by atoms with Crippen LogP contribution in [0.3, 0.4) is 0 Å². The zero-order valence-electron chi connectivity index (χ0n) is 18.5. The average Bonchev–Trinajstić information content (AvgIpc) is 2.82. The second kappa shape index (κ2) is 9.90. The molecule has 1 atom stereocenters. The minimum Gasteiger partial charge on any atom is -0.481 e. The first-order chi connectivity index (χ1) is 15.9. The molecule has 7 heteroatoms. The molecule has 2 N–H and O–H groups in total. The molecule has 1 aliphatic rings. The summed E-state index contributed by atoms with van der Waals surface area (Å²) in [6, 6.07) is 16.3. The Balaban J connectivity index is 1.36. The van der Waals surface area contributed by atoms with E-state index in [9.17, 15) is 14.4 Å². The van der Waals surface area contributed by atoms with Gasteiger partial charge in [-0.05, 0) is 62.3 Å². The Kier molecular flexibility index (Phi) is 6.77. The van der Waals surface area contributed by atoms with Gasteiger partial charge >= 0.3 is 11.6 Å². The minimum atomic E-state index is -0.734. The van der Waals surface area contributed by atoms with E-state index in [0.29, 0.717) is 36.3 Å². The van der Waals surface area contributed by atoms with Crippen LogP contribution in [0.1, 0.15) is 32.6 Å². The van der Waals surface area contributed by atoms with Crippen molar-refractivity contribution in [2.24, 2.45) is 11.8 Å². The van der Waals surface area contributed by atoms with Crippen LogP contribution in [0.25, 0.3) is 22.1 Å². The van der Waals surface area contributed by atoms with E-state index in [2.05, 4.69) is 5.32 Å². The van der Waals surface area contributed by atoms with Crippen LogP contribution in [0, 0.1) is 11.8 Å². The van der Waals surface area contributed by atoms with Gasteiger partial charge < -0.3 is 19.6 Å². The maximum Gasteiger partial charge on any atom is 0.344 e. The summed E-state index contributed by atoms with van der Waals surface area (Å²) < 4.78 is 11.3. The summed E-state index contributed by atoms with van der Waals surface area (Å²) in [6.45, 7) is 2.17. The monoisotopic (exact) mass is 449 g/mol. The van der Waals surface area contributed by atoms with Gasteiger partial charge in [0, 0.05) is 18.0 Å². The number of benzene rings is 2. The van der Waals surface area contributed by atoms with Crippen LogP contribution in [0.4, 0.5) is 0 Å². The molecule has 1 saturated carbocycles. The van der Waals surface area contributed by atoms with Crippen molar-refractivity contribution in [1.82, 2.24) is 5.32 Å².